The third-order valence-electron chi connectivity index (χ3n) is 2.19. The smallest absolute Gasteiger partial charge is 0.323 e. The Hall–Kier alpha value is -2.28. The Morgan fingerprint density at radius 2 is 1.94 bits per heavy atom. The van der Waals surface area contributed by atoms with Crippen molar-refractivity contribution >= 4 is 11.9 Å². The summed E-state index contributed by atoms with van der Waals surface area (Å²) >= 11 is 0. The van der Waals surface area contributed by atoms with Gasteiger partial charge in [0.05, 0.1) is 6.54 Å². The van der Waals surface area contributed by atoms with Crippen LogP contribution in [0.4, 0.5) is 0 Å². The van der Waals surface area contributed by atoms with Gasteiger partial charge in [0.25, 0.3) is 5.91 Å². The summed E-state index contributed by atoms with van der Waals surface area (Å²) in [5, 5.41) is 8.69. The van der Waals surface area contributed by atoms with Gasteiger partial charge in [0.2, 0.25) is 0 Å². The number of carboxylic acid groups (broad SMARTS) is 1. The van der Waals surface area contributed by atoms with Gasteiger partial charge in [-0.1, -0.05) is 23.6 Å². The number of amides is 1. The number of nitrogens with zero attached hydrogens (tertiary/aromatic N) is 1. The quantitative estimate of drug-likeness (QED) is 0.791. The maximum atomic E-state index is 11.9. The first-order valence-electron chi connectivity index (χ1n) is 5.06. The minimum atomic E-state index is -1.08. The minimum absolute atomic E-state index is 0.0149. The number of hydrogen-bond acceptors (Lipinski definition) is 2. The zero-order valence-corrected chi connectivity index (χ0v) is 9.51. The molecule has 1 amide bonds. The SMILES string of the molecule is C#CCN(CC(=O)O)C(=O)c1ccc(C)cc1. The van der Waals surface area contributed by atoms with Gasteiger partial charge in [0.1, 0.15) is 6.54 Å². The van der Waals surface area contributed by atoms with Crippen molar-refractivity contribution < 1.29 is 14.7 Å². The Balaban J connectivity index is 2.88. The molecule has 0 aliphatic rings. The lowest BCUT2D eigenvalue weighted by Crippen LogP contribution is -2.35. The van der Waals surface area contributed by atoms with Crippen LogP contribution in [0.2, 0.25) is 0 Å². The summed E-state index contributed by atoms with van der Waals surface area (Å²) in [6, 6.07) is 6.90. The van der Waals surface area contributed by atoms with Crippen molar-refractivity contribution in [3.05, 3.63) is 35.4 Å². The van der Waals surface area contributed by atoms with Crippen LogP contribution in [-0.4, -0.2) is 35.0 Å². The van der Waals surface area contributed by atoms with Gasteiger partial charge in [-0.3, -0.25) is 9.59 Å². The number of benzene rings is 1. The van der Waals surface area contributed by atoms with Crippen molar-refractivity contribution in [1.29, 1.82) is 0 Å². The summed E-state index contributed by atoms with van der Waals surface area (Å²) in [7, 11) is 0. The third kappa shape index (κ3) is 3.65. The van der Waals surface area contributed by atoms with E-state index in [4.69, 9.17) is 11.5 Å². The molecule has 0 fully saturated rings. The predicted molar refractivity (Wildman–Crippen MR) is 63.6 cm³/mol. The van der Waals surface area contributed by atoms with E-state index in [2.05, 4.69) is 5.92 Å². The highest BCUT2D eigenvalue weighted by Crippen LogP contribution is 2.06. The van der Waals surface area contributed by atoms with Crippen LogP contribution in [0.5, 0.6) is 0 Å². The molecular weight excluding hydrogens is 218 g/mol. The Morgan fingerprint density at radius 1 is 1.35 bits per heavy atom. The van der Waals surface area contributed by atoms with Crippen molar-refractivity contribution in [1.82, 2.24) is 4.90 Å². The van der Waals surface area contributed by atoms with E-state index in [-0.39, 0.29) is 12.5 Å². The highest BCUT2D eigenvalue weighted by molar-refractivity contribution is 5.96. The zero-order chi connectivity index (χ0) is 12.8. The molecule has 1 aromatic rings. The lowest BCUT2D eigenvalue weighted by Gasteiger charge is -2.17. The lowest BCUT2D eigenvalue weighted by molar-refractivity contribution is -0.137. The standard InChI is InChI=1S/C13H13NO3/c1-3-8-14(9-12(15)16)13(17)11-6-4-10(2)5-7-11/h1,4-7H,8-9H2,2H3,(H,15,16). The van der Waals surface area contributed by atoms with E-state index in [1.165, 1.54) is 0 Å². The van der Waals surface area contributed by atoms with Gasteiger partial charge in [-0.05, 0) is 19.1 Å². The maximum Gasteiger partial charge on any atom is 0.323 e. The van der Waals surface area contributed by atoms with Gasteiger partial charge >= 0.3 is 5.97 Å². The molecule has 0 saturated heterocycles. The molecular formula is C13H13NO3. The Labute approximate surface area is 99.9 Å². The number of carboxylic acids is 1. The molecule has 4 nitrogen and oxygen atoms in total. The van der Waals surface area contributed by atoms with Crippen molar-refractivity contribution in [2.45, 2.75) is 6.92 Å². The predicted octanol–water partition coefficient (Wildman–Crippen LogP) is 1.16. The summed E-state index contributed by atoms with van der Waals surface area (Å²) in [5.74, 6) is 0.824. The largest absolute Gasteiger partial charge is 0.480 e. The number of carbonyl (C=O) groups excluding carboxylic acids is 1. The molecule has 0 unspecified atom stereocenters. The Bertz CT molecular complexity index is 457. The zero-order valence-electron chi connectivity index (χ0n) is 9.51. The minimum Gasteiger partial charge on any atom is -0.480 e. The van der Waals surface area contributed by atoms with Gasteiger partial charge in [0, 0.05) is 5.56 Å². The van der Waals surface area contributed by atoms with E-state index >= 15 is 0 Å². The number of rotatable bonds is 4. The van der Waals surface area contributed by atoms with E-state index in [9.17, 15) is 9.59 Å². The van der Waals surface area contributed by atoms with Gasteiger partial charge in [-0.2, -0.15) is 0 Å². The molecule has 0 atom stereocenters. The van der Waals surface area contributed by atoms with Crippen molar-refractivity contribution in [2.24, 2.45) is 0 Å². The van der Waals surface area contributed by atoms with Crippen LogP contribution >= 0.6 is 0 Å². The summed E-state index contributed by atoms with van der Waals surface area (Å²) in [5.41, 5.74) is 1.47. The second-order valence-electron chi connectivity index (χ2n) is 3.63. The molecule has 4 heteroatoms. The van der Waals surface area contributed by atoms with Crippen molar-refractivity contribution in [3.8, 4) is 12.3 Å². The summed E-state index contributed by atoms with van der Waals surface area (Å²) in [6.07, 6.45) is 5.11. The topological polar surface area (TPSA) is 57.6 Å². The fourth-order valence-corrected chi connectivity index (χ4v) is 1.35. The molecule has 0 radical (unpaired) electrons. The van der Waals surface area contributed by atoms with Gasteiger partial charge in [0.15, 0.2) is 0 Å². The lowest BCUT2D eigenvalue weighted by atomic mass is 10.1. The average Bonchev–Trinajstić information content (AvgIpc) is 2.28. The molecule has 1 rings (SSSR count). The Morgan fingerprint density at radius 3 is 2.41 bits per heavy atom. The first kappa shape index (κ1) is 12.8. The molecule has 0 saturated carbocycles. The van der Waals surface area contributed by atoms with Crippen LogP contribution in [0, 0.1) is 19.3 Å². The molecule has 0 aliphatic heterocycles. The highest BCUT2D eigenvalue weighted by Gasteiger charge is 2.17. The van der Waals surface area contributed by atoms with E-state index < -0.39 is 12.5 Å². The fraction of sp³-hybridized carbons (Fsp3) is 0.231. The third-order valence-corrected chi connectivity index (χ3v) is 2.19. The second-order valence-corrected chi connectivity index (χ2v) is 3.63. The first-order chi connectivity index (χ1) is 8.04. The van der Waals surface area contributed by atoms with Crippen LogP contribution in [0.15, 0.2) is 24.3 Å². The number of aliphatic carboxylic acids is 1. The van der Waals surface area contributed by atoms with E-state index in [1.807, 2.05) is 6.92 Å². The normalized spacial score (nSPS) is 9.41. The van der Waals surface area contributed by atoms with E-state index in [1.54, 1.807) is 24.3 Å². The van der Waals surface area contributed by atoms with Gasteiger partial charge < -0.3 is 10.0 Å². The maximum absolute atomic E-state index is 11.9. The van der Waals surface area contributed by atoms with Crippen molar-refractivity contribution in [2.75, 3.05) is 13.1 Å². The molecule has 0 aromatic heterocycles. The monoisotopic (exact) mass is 231 g/mol. The second kappa shape index (κ2) is 5.71. The fourth-order valence-electron chi connectivity index (χ4n) is 1.35. The van der Waals surface area contributed by atoms with Gasteiger partial charge in [-0.25, -0.2) is 0 Å². The molecule has 0 aliphatic carbocycles. The van der Waals surface area contributed by atoms with Crippen molar-refractivity contribution in [3.63, 3.8) is 0 Å². The van der Waals surface area contributed by atoms with Crippen LogP contribution in [-0.2, 0) is 4.79 Å². The molecule has 1 aromatic carbocycles. The summed E-state index contributed by atoms with van der Waals surface area (Å²) in [6.45, 7) is 1.50. The number of aryl methyl sites for hydroxylation is 1. The molecule has 1 N–H and O–H groups in total. The van der Waals surface area contributed by atoms with Crippen LogP contribution in [0.3, 0.4) is 0 Å². The van der Waals surface area contributed by atoms with Crippen LogP contribution < -0.4 is 0 Å². The van der Waals surface area contributed by atoms with Crippen LogP contribution in [0.1, 0.15) is 15.9 Å². The van der Waals surface area contributed by atoms with Gasteiger partial charge in [-0.15, -0.1) is 6.42 Å². The summed E-state index contributed by atoms with van der Waals surface area (Å²) in [4.78, 5) is 23.7. The number of hydrogen-bond donors (Lipinski definition) is 1. The highest BCUT2D eigenvalue weighted by atomic mass is 16.4. The molecule has 0 spiro atoms. The molecule has 0 heterocycles. The van der Waals surface area contributed by atoms with E-state index in [0.717, 1.165) is 10.5 Å². The number of terminal acetylenes is 1. The first-order valence-corrected chi connectivity index (χ1v) is 5.06. The average molecular weight is 231 g/mol. The molecule has 88 valence electrons. The number of carbonyl (C=O) groups is 2. The molecule has 0 bridgehead atoms. The Kier molecular flexibility index (Phi) is 4.29. The summed E-state index contributed by atoms with van der Waals surface area (Å²) < 4.78 is 0. The molecule has 17 heavy (non-hydrogen) atoms. The van der Waals surface area contributed by atoms with Crippen LogP contribution in [0.25, 0.3) is 0 Å². The van der Waals surface area contributed by atoms with E-state index in [0.29, 0.717) is 5.56 Å².